The summed E-state index contributed by atoms with van der Waals surface area (Å²) in [4.78, 5) is 23.1. The van der Waals surface area contributed by atoms with E-state index in [1.807, 2.05) is 37.3 Å². The molecule has 2 aromatic rings. The summed E-state index contributed by atoms with van der Waals surface area (Å²) in [6.45, 7) is 2.58. The topological polar surface area (TPSA) is 93.5 Å². The average molecular weight is 303 g/mol. The number of nitrogens with zero attached hydrogens (tertiary/aromatic N) is 2. The van der Waals surface area contributed by atoms with Gasteiger partial charge >= 0.3 is 12.1 Å². The molecule has 1 atom stereocenters. The van der Waals surface area contributed by atoms with Crippen molar-refractivity contribution in [3.05, 3.63) is 53.9 Å². The SMILES string of the molecule is CCn1cc(C(NC(=O)OCc2ccccc2)C(=O)O)cn1. The van der Waals surface area contributed by atoms with E-state index in [1.54, 1.807) is 10.9 Å². The molecule has 116 valence electrons. The van der Waals surface area contributed by atoms with Crippen molar-refractivity contribution < 1.29 is 19.4 Å². The van der Waals surface area contributed by atoms with Gasteiger partial charge in [-0.2, -0.15) is 5.10 Å². The van der Waals surface area contributed by atoms with Crippen molar-refractivity contribution in [2.45, 2.75) is 26.1 Å². The van der Waals surface area contributed by atoms with Crippen molar-refractivity contribution in [3.63, 3.8) is 0 Å². The summed E-state index contributed by atoms with van der Waals surface area (Å²) in [5, 5.41) is 15.6. The Kier molecular flexibility index (Phi) is 5.13. The largest absolute Gasteiger partial charge is 0.479 e. The summed E-state index contributed by atoms with van der Waals surface area (Å²) in [6, 6.07) is 7.95. The van der Waals surface area contributed by atoms with Gasteiger partial charge in [-0.3, -0.25) is 4.68 Å². The van der Waals surface area contributed by atoms with Crippen LogP contribution < -0.4 is 5.32 Å². The first-order valence-electron chi connectivity index (χ1n) is 6.82. The van der Waals surface area contributed by atoms with E-state index in [-0.39, 0.29) is 6.61 Å². The van der Waals surface area contributed by atoms with Crippen molar-refractivity contribution >= 4 is 12.1 Å². The third kappa shape index (κ3) is 4.08. The molecule has 0 bridgehead atoms. The van der Waals surface area contributed by atoms with Crippen molar-refractivity contribution in [3.8, 4) is 0 Å². The van der Waals surface area contributed by atoms with Crippen LogP contribution in [0.1, 0.15) is 24.1 Å². The maximum Gasteiger partial charge on any atom is 0.408 e. The monoisotopic (exact) mass is 303 g/mol. The van der Waals surface area contributed by atoms with Crippen LogP contribution in [0.15, 0.2) is 42.7 Å². The molecule has 0 aliphatic heterocycles. The van der Waals surface area contributed by atoms with Crippen molar-refractivity contribution in [2.75, 3.05) is 0 Å². The van der Waals surface area contributed by atoms with E-state index in [4.69, 9.17) is 4.74 Å². The van der Waals surface area contributed by atoms with Gasteiger partial charge in [0.1, 0.15) is 6.61 Å². The Balaban J connectivity index is 1.96. The second-order valence-corrected chi connectivity index (χ2v) is 4.61. The van der Waals surface area contributed by atoms with Gasteiger partial charge < -0.3 is 15.2 Å². The highest BCUT2D eigenvalue weighted by Gasteiger charge is 2.24. The summed E-state index contributed by atoms with van der Waals surface area (Å²) in [5.74, 6) is -1.17. The molecule has 0 fully saturated rings. The number of aliphatic carboxylic acids is 1. The molecule has 0 spiro atoms. The highest BCUT2D eigenvalue weighted by molar-refractivity contribution is 5.81. The Bertz CT molecular complexity index is 639. The maximum atomic E-state index is 11.8. The van der Waals surface area contributed by atoms with Crippen molar-refractivity contribution in [2.24, 2.45) is 0 Å². The van der Waals surface area contributed by atoms with Crippen molar-refractivity contribution in [1.82, 2.24) is 15.1 Å². The zero-order valence-corrected chi connectivity index (χ0v) is 12.1. The Morgan fingerprint density at radius 1 is 1.36 bits per heavy atom. The van der Waals surface area contributed by atoms with E-state index in [0.717, 1.165) is 5.56 Å². The predicted molar refractivity (Wildman–Crippen MR) is 78.0 cm³/mol. The number of carbonyl (C=O) groups is 2. The lowest BCUT2D eigenvalue weighted by molar-refractivity contribution is -0.139. The molecular formula is C15H17N3O4. The number of ether oxygens (including phenoxy) is 1. The minimum Gasteiger partial charge on any atom is -0.479 e. The van der Waals surface area contributed by atoms with Crippen LogP contribution in [0.5, 0.6) is 0 Å². The molecule has 1 aromatic heterocycles. The average Bonchev–Trinajstić information content (AvgIpc) is 3.00. The normalized spacial score (nSPS) is 11.7. The summed E-state index contributed by atoms with van der Waals surface area (Å²) in [6.07, 6.45) is 2.20. The molecule has 0 aliphatic carbocycles. The van der Waals surface area contributed by atoms with Crippen LogP contribution in [0.3, 0.4) is 0 Å². The van der Waals surface area contributed by atoms with Gasteiger partial charge in [-0.15, -0.1) is 0 Å². The molecule has 1 amide bonds. The van der Waals surface area contributed by atoms with E-state index in [0.29, 0.717) is 12.1 Å². The van der Waals surface area contributed by atoms with Crippen LogP contribution in [0, 0.1) is 0 Å². The number of carboxylic acid groups (broad SMARTS) is 1. The Morgan fingerprint density at radius 2 is 2.09 bits per heavy atom. The highest BCUT2D eigenvalue weighted by atomic mass is 16.5. The number of aromatic nitrogens is 2. The second kappa shape index (κ2) is 7.26. The number of carbonyl (C=O) groups excluding carboxylic acids is 1. The van der Waals surface area contributed by atoms with Gasteiger partial charge in [0.25, 0.3) is 0 Å². The number of benzene rings is 1. The number of hydrogen-bond acceptors (Lipinski definition) is 4. The minimum absolute atomic E-state index is 0.0766. The van der Waals surface area contributed by atoms with Crippen LogP contribution in [0.4, 0.5) is 4.79 Å². The van der Waals surface area contributed by atoms with E-state index < -0.39 is 18.1 Å². The number of alkyl carbamates (subject to hydrolysis) is 1. The maximum absolute atomic E-state index is 11.8. The van der Waals surface area contributed by atoms with Gasteiger partial charge in [0.2, 0.25) is 0 Å². The molecule has 7 heteroatoms. The van der Waals surface area contributed by atoms with E-state index >= 15 is 0 Å². The zero-order chi connectivity index (χ0) is 15.9. The Hall–Kier alpha value is -2.83. The van der Waals surface area contributed by atoms with Crippen LogP contribution in [-0.4, -0.2) is 26.9 Å². The summed E-state index contributed by atoms with van der Waals surface area (Å²) >= 11 is 0. The van der Waals surface area contributed by atoms with Crippen molar-refractivity contribution in [1.29, 1.82) is 0 Å². The fourth-order valence-corrected chi connectivity index (χ4v) is 1.87. The van der Waals surface area contributed by atoms with E-state index in [9.17, 15) is 14.7 Å². The smallest absolute Gasteiger partial charge is 0.408 e. The molecule has 0 saturated carbocycles. The number of nitrogens with one attached hydrogen (secondary N) is 1. The second-order valence-electron chi connectivity index (χ2n) is 4.61. The lowest BCUT2D eigenvalue weighted by atomic mass is 10.2. The van der Waals surface area contributed by atoms with Crippen LogP contribution >= 0.6 is 0 Å². The first-order valence-corrected chi connectivity index (χ1v) is 6.82. The van der Waals surface area contributed by atoms with E-state index in [1.165, 1.54) is 6.20 Å². The zero-order valence-electron chi connectivity index (χ0n) is 12.1. The van der Waals surface area contributed by atoms with Gasteiger partial charge in [0, 0.05) is 18.3 Å². The molecule has 7 nitrogen and oxygen atoms in total. The molecule has 1 heterocycles. The van der Waals surface area contributed by atoms with Crippen LogP contribution in [-0.2, 0) is 22.7 Å². The minimum atomic E-state index is -1.19. The summed E-state index contributed by atoms with van der Waals surface area (Å²) in [5.41, 5.74) is 1.22. The third-order valence-electron chi connectivity index (χ3n) is 3.03. The number of hydrogen-bond donors (Lipinski definition) is 2. The molecule has 0 radical (unpaired) electrons. The molecule has 1 aromatic carbocycles. The van der Waals surface area contributed by atoms with Gasteiger partial charge in [0.15, 0.2) is 6.04 Å². The molecule has 0 aliphatic rings. The number of amides is 1. The number of aryl methyl sites for hydroxylation is 1. The van der Waals surface area contributed by atoms with Gasteiger partial charge in [-0.25, -0.2) is 9.59 Å². The quantitative estimate of drug-likeness (QED) is 0.850. The van der Waals surface area contributed by atoms with E-state index in [2.05, 4.69) is 10.4 Å². The molecule has 1 unspecified atom stereocenters. The number of carboxylic acids is 1. The molecule has 0 saturated heterocycles. The Morgan fingerprint density at radius 3 is 2.68 bits per heavy atom. The lowest BCUT2D eigenvalue weighted by Gasteiger charge is -2.13. The number of rotatable bonds is 6. The molecular weight excluding hydrogens is 286 g/mol. The third-order valence-corrected chi connectivity index (χ3v) is 3.03. The molecule has 2 N–H and O–H groups in total. The van der Waals surface area contributed by atoms with Gasteiger partial charge in [-0.1, -0.05) is 30.3 Å². The summed E-state index contributed by atoms with van der Waals surface area (Å²) < 4.78 is 6.61. The summed E-state index contributed by atoms with van der Waals surface area (Å²) in [7, 11) is 0. The fourth-order valence-electron chi connectivity index (χ4n) is 1.87. The Labute approximate surface area is 127 Å². The van der Waals surface area contributed by atoms with Gasteiger partial charge in [0.05, 0.1) is 6.20 Å². The first-order chi connectivity index (χ1) is 10.6. The molecule has 2 rings (SSSR count). The molecule has 22 heavy (non-hydrogen) atoms. The fraction of sp³-hybridized carbons (Fsp3) is 0.267. The highest BCUT2D eigenvalue weighted by Crippen LogP contribution is 2.13. The van der Waals surface area contributed by atoms with Crippen LogP contribution in [0.2, 0.25) is 0 Å². The first kappa shape index (κ1) is 15.6. The van der Waals surface area contributed by atoms with Crippen LogP contribution in [0.25, 0.3) is 0 Å². The van der Waals surface area contributed by atoms with Gasteiger partial charge in [-0.05, 0) is 12.5 Å². The predicted octanol–water partition coefficient (Wildman–Crippen LogP) is 1.96. The standard InChI is InChI=1S/C15H17N3O4/c1-2-18-9-12(8-16-18)13(14(19)20)17-15(21)22-10-11-6-4-3-5-7-11/h3-9,13H,2,10H2,1H3,(H,17,21)(H,19,20). The lowest BCUT2D eigenvalue weighted by Crippen LogP contribution is -2.33.